The Balaban J connectivity index is 2.80. The molecule has 0 saturated carbocycles. The molecular formula is C8H8F4N2. The molecule has 0 fully saturated rings. The quantitative estimate of drug-likeness (QED) is 0.597. The summed E-state index contributed by atoms with van der Waals surface area (Å²) in [6, 6.07) is 1.14. The summed E-state index contributed by atoms with van der Waals surface area (Å²) in [4.78, 5) is 3.22. The number of nitrogens with two attached hydrogens (primary N) is 1. The van der Waals surface area contributed by atoms with E-state index in [2.05, 4.69) is 4.98 Å². The molecule has 0 spiro atoms. The summed E-state index contributed by atoms with van der Waals surface area (Å²) in [6.07, 6.45) is -4.50. The summed E-state index contributed by atoms with van der Waals surface area (Å²) in [5.74, 6) is -0.954. The fourth-order valence-electron chi connectivity index (χ4n) is 1.03. The molecule has 14 heavy (non-hydrogen) atoms. The molecule has 1 aromatic heterocycles. The maximum atomic E-state index is 12.9. The van der Waals surface area contributed by atoms with Crippen molar-refractivity contribution in [3.8, 4) is 0 Å². The highest BCUT2D eigenvalue weighted by Crippen LogP contribution is 2.28. The van der Waals surface area contributed by atoms with Crippen LogP contribution in [0.15, 0.2) is 18.3 Å². The van der Waals surface area contributed by atoms with E-state index >= 15 is 0 Å². The van der Waals surface area contributed by atoms with Crippen LogP contribution in [0.5, 0.6) is 0 Å². The second-order valence-corrected chi connectivity index (χ2v) is 2.81. The molecule has 6 heteroatoms. The van der Waals surface area contributed by atoms with E-state index in [-0.39, 0.29) is 5.56 Å². The molecule has 0 saturated heterocycles. The molecule has 0 radical (unpaired) electrons. The summed E-state index contributed by atoms with van der Waals surface area (Å²) in [5.41, 5.74) is 4.96. The highest BCUT2D eigenvalue weighted by Gasteiger charge is 2.31. The minimum Gasteiger partial charge on any atom is -0.324 e. The largest absolute Gasteiger partial charge is 0.390 e. The van der Waals surface area contributed by atoms with Gasteiger partial charge in [-0.3, -0.25) is 0 Å². The molecule has 2 N–H and O–H groups in total. The van der Waals surface area contributed by atoms with E-state index in [1.54, 1.807) is 0 Å². The second-order valence-electron chi connectivity index (χ2n) is 2.81. The first-order chi connectivity index (χ1) is 6.40. The molecule has 78 valence electrons. The van der Waals surface area contributed by atoms with Crippen molar-refractivity contribution in [2.75, 3.05) is 0 Å². The van der Waals surface area contributed by atoms with E-state index < -0.39 is 24.6 Å². The fourth-order valence-corrected chi connectivity index (χ4v) is 1.03. The third kappa shape index (κ3) is 2.95. The van der Waals surface area contributed by atoms with E-state index in [9.17, 15) is 17.6 Å². The van der Waals surface area contributed by atoms with Crippen molar-refractivity contribution in [2.24, 2.45) is 5.73 Å². The van der Waals surface area contributed by atoms with Gasteiger partial charge >= 0.3 is 6.18 Å². The van der Waals surface area contributed by atoms with Crippen molar-refractivity contribution < 1.29 is 17.6 Å². The van der Waals surface area contributed by atoms with Crippen LogP contribution in [0.1, 0.15) is 18.0 Å². The number of hydrogen-bond acceptors (Lipinski definition) is 2. The van der Waals surface area contributed by atoms with Gasteiger partial charge in [0.1, 0.15) is 0 Å². The molecule has 0 aromatic carbocycles. The van der Waals surface area contributed by atoms with Gasteiger partial charge in [0.15, 0.2) is 0 Å². The first kappa shape index (κ1) is 10.9. The number of halogens is 4. The topological polar surface area (TPSA) is 38.9 Å². The molecule has 1 rings (SSSR count). The Morgan fingerprint density at radius 2 is 2.07 bits per heavy atom. The third-order valence-electron chi connectivity index (χ3n) is 1.64. The van der Waals surface area contributed by atoms with Crippen LogP contribution >= 0.6 is 0 Å². The van der Waals surface area contributed by atoms with Crippen molar-refractivity contribution >= 4 is 0 Å². The number of nitrogens with zero attached hydrogens (tertiary/aromatic N) is 1. The lowest BCUT2D eigenvalue weighted by Crippen LogP contribution is -2.21. The summed E-state index contributed by atoms with van der Waals surface area (Å²) in [5, 5.41) is 0. The molecule has 0 amide bonds. The van der Waals surface area contributed by atoms with Crippen LogP contribution < -0.4 is 5.73 Å². The number of pyridine rings is 1. The molecule has 0 aliphatic rings. The SMILES string of the molecule is NC(CC(F)(F)F)c1cccnc1F. The monoisotopic (exact) mass is 208 g/mol. The van der Waals surface area contributed by atoms with Crippen molar-refractivity contribution in [1.82, 2.24) is 4.98 Å². The van der Waals surface area contributed by atoms with Crippen molar-refractivity contribution in [3.05, 3.63) is 29.8 Å². The normalized spacial score (nSPS) is 14.1. The smallest absolute Gasteiger partial charge is 0.324 e. The molecule has 1 heterocycles. The number of rotatable bonds is 2. The van der Waals surface area contributed by atoms with Gasteiger partial charge < -0.3 is 5.73 Å². The Morgan fingerprint density at radius 3 is 2.57 bits per heavy atom. The Kier molecular flexibility index (Phi) is 3.05. The van der Waals surface area contributed by atoms with Gasteiger partial charge in [-0.15, -0.1) is 0 Å². The van der Waals surface area contributed by atoms with Gasteiger partial charge in [-0.1, -0.05) is 6.07 Å². The van der Waals surface area contributed by atoms with Crippen LogP contribution in [0.2, 0.25) is 0 Å². The highest BCUT2D eigenvalue weighted by molar-refractivity contribution is 5.15. The van der Waals surface area contributed by atoms with Crippen LogP contribution in [0.25, 0.3) is 0 Å². The summed E-state index contributed by atoms with van der Waals surface area (Å²) >= 11 is 0. The van der Waals surface area contributed by atoms with E-state index in [0.717, 1.165) is 6.20 Å². The van der Waals surface area contributed by atoms with Gasteiger partial charge in [0.25, 0.3) is 0 Å². The van der Waals surface area contributed by atoms with E-state index in [1.165, 1.54) is 12.1 Å². The van der Waals surface area contributed by atoms with Crippen molar-refractivity contribution in [1.29, 1.82) is 0 Å². The van der Waals surface area contributed by atoms with Gasteiger partial charge in [-0.2, -0.15) is 17.6 Å². The zero-order chi connectivity index (χ0) is 10.8. The standard InChI is InChI=1S/C8H8F4N2/c9-7-5(2-1-3-14-7)6(13)4-8(10,11)12/h1-3,6H,4,13H2. The van der Waals surface area contributed by atoms with Gasteiger partial charge in [0, 0.05) is 17.8 Å². The minimum atomic E-state index is -4.40. The fraction of sp³-hybridized carbons (Fsp3) is 0.375. The van der Waals surface area contributed by atoms with Gasteiger partial charge in [-0.25, -0.2) is 4.98 Å². The Morgan fingerprint density at radius 1 is 1.43 bits per heavy atom. The molecule has 0 aliphatic heterocycles. The van der Waals surface area contributed by atoms with E-state index in [4.69, 9.17) is 5.73 Å². The molecule has 0 bridgehead atoms. The second kappa shape index (κ2) is 3.91. The van der Waals surface area contributed by atoms with Crippen LogP contribution in [0.3, 0.4) is 0 Å². The average molecular weight is 208 g/mol. The predicted octanol–water partition coefficient (Wildman–Crippen LogP) is 2.17. The maximum Gasteiger partial charge on any atom is 0.390 e. The molecule has 0 aliphatic carbocycles. The van der Waals surface area contributed by atoms with Crippen molar-refractivity contribution in [2.45, 2.75) is 18.6 Å². The molecule has 1 aromatic rings. The average Bonchev–Trinajstić information content (AvgIpc) is 2.01. The van der Waals surface area contributed by atoms with Crippen LogP contribution in [-0.2, 0) is 0 Å². The molecular weight excluding hydrogens is 200 g/mol. The molecule has 1 unspecified atom stereocenters. The maximum absolute atomic E-state index is 12.9. The summed E-state index contributed by atoms with van der Waals surface area (Å²) < 4.78 is 48.6. The van der Waals surface area contributed by atoms with Crippen LogP contribution in [0.4, 0.5) is 17.6 Å². The lowest BCUT2D eigenvalue weighted by Gasteiger charge is -2.14. The Bertz CT molecular complexity index is 310. The van der Waals surface area contributed by atoms with Gasteiger partial charge in [0.2, 0.25) is 5.95 Å². The highest BCUT2D eigenvalue weighted by atomic mass is 19.4. The van der Waals surface area contributed by atoms with Crippen molar-refractivity contribution in [3.63, 3.8) is 0 Å². The third-order valence-corrected chi connectivity index (χ3v) is 1.64. The van der Waals surface area contributed by atoms with Gasteiger partial charge in [0.05, 0.1) is 6.42 Å². The Hall–Kier alpha value is -1.17. The van der Waals surface area contributed by atoms with E-state index in [0.29, 0.717) is 0 Å². The lowest BCUT2D eigenvalue weighted by atomic mass is 10.1. The summed E-state index contributed by atoms with van der Waals surface area (Å²) in [6.45, 7) is 0. The van der Waals surface area contributed by atoms with Gasteiger partial charge in [-0.05, 0) is 6.07 Å². The number of alkyl halides is 3. The van der Waals surface area contributed by atoms with E-state index in [1.807, 2.05) is 0 Å². The number of hydrogen-bond donors (Lipinski definition) is 1. The van der Waals surface area contributed by atoms with Crippen LogP contribution in [-0.4, -0.2) is 11.2 Å². The lowest BCUT2D eigenvalue weighted by molar-refractivity contribution is -0.138. The summed E-state index contributed by atoms with van der Waals surface area (Å²) in [7, 11) is 0. The minimum absolute atomic E-state index is 0.218. The first-order valence-electron chi connectivity index (χ1n) is 3.83. The molecule has 1 atom stereocenters. The van der Waals surface area contributed by atoms with Crippen LogP contribution in [0, 0.1) is 5.95 Å². The first-order valence-corrected chi connectivity index (χ1v) is 3.83. The predicted molar refractivity (Wildman–Crippen MR) is 41.8 cm³/mol. The molecule has 2 nitrogen and oxygen atoms in total. The Labute approximate surface area is 77.7 Å². The zero-order valence-electron chi connectivity index (χ0n) is 7.05. The zero-order valence-corrected chi connectivity index (χ0v) is 7.05. The number of aromatic nitrogens is 1.